The maximum atomic E-state index is 13.5. The third-order valence-electron chi connectivity index (χ3n) is 3.98. The average Bonchev–Trinajstić information content (AvgIpc) is 2.67. The summed E-state index contributed by atoms with van der Waals surface area (Å²) >= 11 is 0. The van der Waals surface area contributed by atoms with Gasteiger partial charge < -0.3 is 24.8 Å². The number of benzene rings is 1. The van der Waals surface area contributed by atoms with E-state index in [4.69, 9.17) is 14.2 Å². The summed E-state index contributed by atoms with van der Waals surface area (Å²) in [6.45, 7) is 6.28. The zero-order valence-electron chi connectivity index (χ0n) is 16.2. The summed E-state index contributed by atoms with van der Waals surface area (Å²) in [7, 11) is 0. The molecule has 0 saturated carbocycles. The Balaban J connectivity index is 0.00000392. The lowest BCUT2D eigenvalue weighted by Crippen LogP contribution is -2.39. The zero-order valence-corrected chi connectivity index (χ0v) is 18.5. The molecule has 0 unspecified atom stereocenters. The molecule has 0 bridgehead atoms. The van der Waals surface area contributed by atoms with Crippen LogP contribution in [0.5, 0.6) is 5.75 Å². The second-order valence-corrected chi connectivity index (χ2v) is 6.15. The van der Waals surface area contributed by atoms with Gasteiger partial charge in [-0.1, -0.05) is 0 Å². The van der Waals surface area contributed by atoms with Gasteiger partial charge in [-0.2, -0.15) is 0 Å². The van der Waals surface area contributed by atoms with Gasteiger partial charge in [0.05, 0.1) is 12.6 Å². The standard InChI is InChI=1S/C19H29F2N3O3.HI/c1-2-22-19(23-8-3-10-26-16-6-11-25-12-7-16)24-9-13-27-18-5-4-15(20)14-17(18)21;/h4-5,14,16H,2-3,6-13H2,1H3,(H2,22,23,24);1H. The average molecular weight is 513 g/mol. The van der Waals surface area contributed by atoms with Crippen molar-refractivity contribution < 1.29 is 23.0 Å². The minimum absolute atomic E-state index is 0. The lowest BCUT2D eigenvalue weighted by Gasteiger charge is -2.22. The van der Waals surface area contributed by atoms with Crippen LogP contribution >= 0.6 is 24.0 Å². The molecule has 2 rings (SSSR count). The van der Waals surface area contributed by atoms with Gasteiger partial charge in [0.2, 0.25) is 0 Å². The first kappa shape index (κ1) is 24.8. The molecule has 1 saturated heterocycles. The summed E-state index contributed by atoms with van der Waals surface area (Å²) in [4.78, 5) is 4.48. The third-order valence-corrected chi connectivity index (χ3v) is 3.98. The van der Waals surface area contributed by atoms with Gasteiger partial charge in [-0.05, 0) is 38.3 Å². The lowest BCUT2D eigenvalue weighted by atomic mass is 10.1. The van der Waals surface area contributed by atoms with Gasteiger partial charge in [-0.25, -0.2) is 8.78 Å². The van der Waals surface area contributed by atoms with Crippen LogP contribution in [0.25, 0.3) is 0 Å². The summed E-state index contributed by atoms with van der Waals surface area (Å²) in [6, 6.07) is 3.25. The number of nitrogens with one attached hydrogen (secondary N) is 2. The lowest BCUT2D eigenvalue weighted by molar-refractivity contribution is -0.0318. The van der Waals surface area contributed by atoms with Crippen LogP contribution < -0.4 is 15.4 Å². The van der Waals surface area contributed by atoms with Gasteiger partial charge >= 0.3 is 0 Å². The molecule has 160 valence electrons. The summed E-state index contributed by atoms with van der Waals surface area (Å²) < 4.78 is 42.8. The SMILES string of the molecule is CCNC(=NCCCOC1CCOCC1)NCCOc1ccc(F)cc1F.I. The minimum Gasteiger partial charge on any atom is -0.489 e. The number of guanidine groups is 1. The third kappa shape index (κ3) is 9.83. The normalized spacial score (nSPS) is 15.0. The molecule has 1 aliphatic rings. The topological polar surface area (TPSA) is 64.1 Å². The number of rotatable bonds is 10. The molecule has 28 heavy (non-hydrogen) atoms. The Bertz CT molecular complexity index is 588. The van der Waals surface area contributed by atoms with Crippen molar-refractivity contribution in [3.8, 4) is 5.75 Å². The Morgan fingerprint density at radius 3 is 2.71 bits per heavy atom. The molecule has 0 spiro atoms. The predicted octanol–water partition coefficient (Wildman–Crippen LogP) is 3.10. The number of hydrogen-bond donors (Lipinski definition) is 2. The van der Waals surface area contributed by atoms with E-state index in [1.54, 1.807) is 0 Å². The molecule has 1 heterocycles. The zero-order chi connectivity index (χ0) is 19.3. The van der Waals surface area contributed by atoms with Crippen molar-refractivity contribution in [1.29, 1.82) is 0 Å². The number of nitrogens with zero attached hydrogens (tertiary/aromatic N) is 1. The first-order chi connectivity index (χ1) is 13.2. The molecular weight excluding hydrogens is 483 g/mol. The number of aliphatic imine (C=N–C) groups is 1. The van der Waals surface area contributed by atoms with Crippen molar-refractivity contribution in [3.63, 3.8) is 0 Å². The summed E-state index contributed by atoms with van der Waals surface area (Å²) in [5.74, 6) is -0.627. The van der Waals surface area contributed by atoms with E-state index < -0.39 is 11.6 Å². The Hall–Kier alpha value is -1.20. The molecular formula is C19H30F2IN3O3. The van der Waals surface area contributed by atoms with Crippen molar-refractivity contribution in [3.05, 3.63) is 29.8 Å². The van der Waals surface area contributed by atoms with Crippen molar-refractivity contribution in [1.82, 2.24) is 10.6 Å². The van der Waals surface area contributed by atoms with Crippen LogP contribution in [0.3, 0.4) is 0 Å². The number of halogens is 3. The second-order valence-electron chi connectivity index (χ2n) is 6.15. The molecule has 0 atom stereocenters. The molecule has 1 aromatic rings. The van der Waals surface area contributed by atoms with E-state index in [0.29, 0.717) is 31.8 Å². The van der Waals surface area contributed by atoms with Gasteiger partial charge in [0.15, 0.2) is 17.5 Å². The first-order valence-electron chi connectivity index (χ1n) is 9.48. The van der Waals surface area contributed by atoms with E-state index >= 15 is 0 Å². The van der Waals surface area contributed by atoms with Crippen LogP contribution in [0.15, 0.2) is 23.2 Å². The van der Waals surface area contributed by atoms with Crippen LogP contribution in [0.4, 0.5) is 8.78 Å². The second kappa shape index (κ2) is 14.7. The smallest absolute Gasteiger partial charge is 0.191 e. The minimum atomic E-state index is -0.708. The fourth-order valence-electron chi connectivity index (χ4n) is 2.61. The summed E-state index contributed by atoms with van der Waals surface area (Å²) in [5, 5.41) is 6.26. The van der Waals surface area contributed by atoms with Crippen molar-refractivity contribution in [2.24, 2.45) is 4.99 Å². The maximum Gasteiger partial charge on any atom is 0.191 e. The Labute approximate surface area is 182 Å². The molecule has 6 nitrogen and oxygen atoms in total. The maximum absolute atomic E-state index is 13.5. The highest BCUT2D eigenvalue weighted by molar-refractivity contribution is 14.0. The van der Waals surface area contributed by atoms with Crippen LogP contribution in [0.2, 0.25) is 0 Å². The van der Waals surface area contributed by atoms with E-state index in [-0.39, 0.29) is 36.3 Å². The summed E-state index contributed by atoms with van der Waals surface area (Å²) in [6.07, 6.45) is 3.06. The predicted molar refractivity (Wildman–Crippen MR) is 116 cm³/mol. The molecule has 9 heteroatoms. The molecule has 0 amide bonds. The van der Waals surface area contributed by atoms with Crippen LogP contribution in [-0.4, -0.2) is 58.1 Å². The van der Waals surface area contributed by atoms with Gasteiger partial charge in [-0.3, -0.25) is 4.99 Å². The van der Waals surface area contributed by atoms with Crippen LogP contribution in [0.1, 0.15) is 26.2 Å². The van der Waals surface area contributed by atoms with Crippen LogP contribution in [-0.2, 0) is 9.47 Å². The van der Waals surface area contributed by atoms with E-state index in [9.17, 15) is 8.78 Å². The van der Waals surface area contributed by atoms with E-state index in [1.807, 2.05) is 6.92 Å². The quantitative estimate of drug-likeness (QED) is 0.218. The van der Waals surface area contributed by atoms with Gasteiger partial charge in [0.25, 0.3) is 0 Å². The highest BCUT2D eigenvalue weighted by atomic mass is 127. The fraction of sp³-hybridized carbons (Fsp3) is 0.632. The largest absolute Gasteiger partial charge is 0.489 e. The highest BCUT2D eigenvalue weighted by Gasteiger charge is 2.13. The van der Waals surface area contributed by atoms with E-state index in [0.717, 1.165) is 45.1 Å². The Morgan fingerprint density at radius 1 is 1.21 bits per heavy atom. The molecule has 1 fully saturated rings. The summed E-state index contributed by atoms with van der Waals surface area (Å²) in [5.41, 5.74) is 0. The van der Waals surface area contributed by atoms with Gasteiger partial charge in [0, 0.05) is 39.0 Å². The molecule has 0 radical (unpaired) electrons. The highest BCUT2D eigenvalue weighted by Crippen LogP contribution is 2.17. The van der Waals surface area contributed by atoms with E-state index in [2.05, 4.69) is 15.6 Å². The number of hydrogen-bond acceptors (Lipinski definition) is 4. The Kier molecular flexibility index (Phi) is 13.1. The molecule has 0 aromatic heterocycles. The van der Waals surface area contributed by atoms with Gasteiger partial charge in [0.1, 0.15) is 12.4 Å². The van der Waals surface area contributed by atoms with Gasteiger partial charge in [-0.15, -0.1) is 24.0 Å². The Morgan fingerprint density at radius 2 is 2.00 bits per heavy atom. The number of ether oxygens (including phenoxy) is 3. The first-order valence-corrected chi connectivity index (χ1v) is 9.48. The molecule has 2 N–H and O–H groups in total. The fourth-order valence-corrected chi connectivity index (χ4v) is 2.61. The van der Waals surface area contributed by atoms with E-state index in [1.165, 1.54) is 12.1 Å². The molecule has 1 aliphatic heterocycles. The van der Waals surface area contributed by atoms with Crippen molar-refractivity contribution in [2.45, 2.75) is 32.3 Å². The van der Waals surface area contributed by atoms with Crippen LogP contribution in [0, 0.1) is 11.6 Å². The monoisotopic (exact) mass is 513 g/mol. The molecule has 1 aromatic carbocycles. The van der Waals surface area contributed by atoms with Crippen molar-refractivity contribution in [2.75, 3.05) is 46.1 Å². The van der Waals surface area contributed by atoms with Crippen molar-refractivity contribution >= 4 is 29.9 Å². The molecule has 0 aliphatic carbocycles.